The minimum atomic E-state index is -2.80. The average molecular weight is 486 g/mol. The summed E-state index contributed by atoms with van der Waals surface area (Å²) in [5.74, 6) is 1.49. The highest BCUT2D eigenvalue weighted by Crippen LogP contribution is 2.04. The van der Waals surface area contributed by atoms with Gasteiger partial charge < -0.3 is 10.2 Å². The Morgan fingerprint density at radius 1 is 1.28 bits per heavy atom. The number of guanidine groups is 1. The summed E-state index contributed by atoms with van der Waals surface area (Å²) in [6, 6.07) is 0. The van der Waals surface area contributed by atoms with Crippen LogP contribution < -0.4 is 5.32 Å². The van der Waals surface area contributed by atoms with Crippen LogP contribution in [-0.2, 0) is 9.84 Å². The first kappa shape index (κ1) is 24.7. The van der Waals surface area contributed by atoms with Gasteiger partial charge in [-0.15, -0.1) is 30.6 Å². The number of sulfone groups is 1. The molecule has 0 bridgehead atoms. The lowest BCUT2D eigenvalue weighted by Crippen LogP contribution is -2.42. The van der Waals surface area contributed by atoms with E-state index in [1.54, 1.807) is 0 Å². The van der Waals surface area contributed by atoms with Gasteiger partial charge >= 0.3 is 0 Å². The van der Waals surface area contributed by atoms with Crippen molar-refractivity contribution < 1.29 is 8.42 Å². The molecule has 1 rings (SSSR count). The molecule has 0 amide bonds. The van der Waals surface area contributed by atoms with Gasteiger partial charge in [-0.25, -0.2) is 8.42 Å². The van der Waals surface area contributed by atoms with Crippen LogP contribution in [0.1, 0.15) is 32.6 Å². The van der Waals surface area contributed by atoms with Gasteiger partial charge in [0.15, 0.2) is 15.8 Å². The van der Waals surface area contributed by atoms with Crippen molar-refractivity contribution in [1.29, 1.82) is 0 Å². The van der Waals surface area contributed by atoms with E-state index in [2.05, 4.69) is 40.7 Å². The third kappa shape index (κ3) is 11.1. The predicted molar refractivity (Wildman–Crippen MR) is 118 cm³/mol. The van der Waals surface area contributed by atoms with Crippen LogP contribution >= 0.6 is 24.0 Å². The second-order valence-electron chi connectivity index (χ2n) is 6.29. The third-order valence-electron chi connectivity index (χ3n) is 4.21. The van der Waals surface area contributed by atoms with E-state index in [1.807, 2.05) is 6.08 Å². The van der Waals surface area contributed by atoms with E-state index in [0.717, 1.165) is 38.4 Å². The van der Waals surface area contributed by atoms with Gasteiger partial charge in [0.2, 0.25) is 0 Å². The first-order valence-corrected chi connectivity index (χ1v) is 10.8. The van der Waals surface area contributed by atoms with E-state index in [-0.39, 0.29) is 35.5 Å². The highest BCUT2D eigenvalue weighted by atomic mass is 127. The lowest BCUT2D eigenvalue weighted by atomic mass is 10.2. The quantitative estimate of drug-likeness (QED) is 0.168. The van der Waals surface area contributed by atoms with Crippen LogP contribution in [-0.4, -0.2) is 82.0 Å². The molecule has 25 heavy (non-hydrogen) atoms. The van der Waals surface area contributed by atoms with Crippen LogP contribution in [0.25, 0.3) is 0 Å². The van der Waals surface area contributed by atoms with E-state index >= 15 is 0 Å². The summed E-state index contributed by atoms with van der Waals surface area (Å²) >= 11 is 0. The van der Waals surface area contributed by atoms with Crippen molar-refractivity contribution >= 4 is 39.8 Å². The molecule has 0 saturated carbocycles. The Morgan fingerprint density at radius 2 is 1.96 bits per heavy atom. The molecule has 1 aliphatic rings. The number of hydrogen-bond acceptors (Lipinski definition) is 4. The highest BCUT2D eigenvalue weighted by Gasteiger charge is 2.20. The molecule has 6 nitrogen and oxygen atoms in total. The lowest BCUT2D eigenvalue weighted by molar-refractivity contribution is 0.303. The molecule has 0 unspecified atom stereocenters. The second kappa shape index (κ2) is 13.8. The number of rotatable bonds is 10. The Hall–Kier alpha value is -0.350. The molecule has 1 N–H and O–H groups in total. The first-order chi connectivity index (χ1) is 11.5. The maximum atomic E-state index is 11.4. The zero-order valence-electron chi connectivity index (χ0n) is 15.7. The van der Waals surface area contributed by atoms with Crippen molar-refractivity contribution in [3.63, 3.8) is 0 Å². The van der Waals surface area contributed by atoms with Crippen molar-refractivity contribution in [2.45, 2.75) is 32.6 Å². The van der Waals surface area contributed by atoms with Crippen LogP contribution in [0.5, 0.6) is 0 Å². The molecule has 1 fully saturated rings. The standard InChI is InChI=1S/C17H34N4O2S.HI/c1-4-6-7-8-9-11-20(3)17(18-5-2)19-10-12-21-13-15-24(22,23)16-14-21;/h4H,1,5-16H2,2-3H3,(H,18,19);1H. The van der Waals surface area contributed by atoms with E-state index in [0.29, 0.717) is 19.6 Å². The zero-order chi connectivity index (χ0) is 17.8. The minimum absolute atomic E-state index is 0. The molecule has 0 aliphatic carbocycles. The Bertz CT molecular complexity index is 483. The molecule has 0 radical (unpaired) electrons. The smallest absolute Gasteiger partial charge is 0.193 e. The third-order valence-corrected chi connectivity index (χ3v) is 5.82. The fraction of sp³-hybridized carbons (Fsp3) is 0.824. The minimum Gasteiger partial charge on any atom is -0.357 e. The number of nitrogens with one attached hydrogen (secondary N) is 1. The van der Waals surface area contributed by atoms with Gasteiger partial charge in [-0.05, 0) is 26.2 Å². The summed E-state index contributed by atoms with van der Waals surface area (Å²) in [4.78, 5) is 9.05. The molecule has 1 aliphatic heterocycles. The summed E-state index contributed by atoms with van der Waals surface area (Å²) in [5, 5.41) is 3.33. The number of aliphatic imine (C=N–C) groups is 1. The van der Waals surface area contributed by atoms with Crippen LogP contribution in [0.3, 0.4) is 0 Å². The summed E-state index contributed by atoms with van der Waals surface area (Å²) in [6.07, 6.45) is 6.62. The van der Waals surface area contributed by atoms with E-state index in [1.165, 1.54) is 12.8 Å². The Kier molecular flexibility index (Phi) is 13.6. The molecular weight excluding hydrogens is 451 g/mol. The number of unbranched alkanes of at least 4 members (excludes halogenated alkanes) is 3. The summed E-state index contributed by atoms with van der Waals surface area (Å²) < 4.78 is 22.9. The zero-order valence-corrected chi connectivity index (χ0v) is 18.9. The predicted octanol–water partition coefficient (Wildman–Crippen LogP) is 1.98. The van der Waals surface area contributed by atoms with E-state index in [4.69, 9.17) is 0 Å². The van der Waals surface area contributed by atoms with Crippen molar-refractivity contribution in [1.82, 2.24) is 15.1 Å². The number of halogens is 1. The van der Waals surface area contributed by atoms with E-state index < -0.39 is 9.84 Å². The van der Waals surface area contributed by atoms with Crippen LogP contribution in [0.4, 0.5) is 0 Å². The monoisotopic (exact) mass is 486 g/mol. The SMILES string of the molecule is C=CCCCCCN(C)C(=NCCN1CCS(=O)(=O)CC1)NCC.I. The fourth-order valence-electron chi connectivity index (χ4n) is 2.66. The molecule has 8 heteroatoms. The normalized spacial score (nSPS) is 17.6. The fourth-order valence-corrected chi connectivity index (χ4v) is 3.94. The first-order valence-electron chi connectivity index (χ1n) is 9.01. The Balaban J connectivity index is 0.00000576. The van der Waals surface area contributed by atoms with Crippen molar-refractivity contribution in [2.24, 2.45) is 4.99 Å². The summed E-state index contributed by atoms with van der Waals surface area (Å²) in [6.45, 7) is 10.4. The lowest BCUT2D eigenvalue weighted by Gasteiger charge is -2.26. The van der Waals surface area contributed by atoms with Crippen LogP contribution in [0, 0.1) is 0 Å². The molecule has 0 aromatic rings. The largest absolute Gasteiger partial charge is 0.357 e. The van der Waals surface area contributed by atoms with Gasteiger partial charge in [0.25, 0.3) is 0 Å². The highest BCUT2D eigenvalue weighted by molar-refractivity contribution is 14.0. The molecular formula is C17H35IN4O2S. The average Bonchev–Trinajstić information content (AvgIpc) is 2.55. The van der Waals surface area contributed by atoms with Gasteiger partial charge in [0, 0.05) is 39.8 Å². The van der Waals surface area contributed by atoms with Gasteiger partial charge in [-0.2, -0.15) is 0 Å². The number of allylic oxidation sites excluding steroid dienone is 1. The van der Waals surface area contributed by atoms with Crippen LogP contribution in [0.15, 0.2) is 17.6 Å². The second-order valence-corrected chi connectivity index (χ2v) is 8.59. The van der Waals surface area contributed by atoms with Gasteiger partial charge in [-0.1, -0.05) is 12.5 Å². The Labute approximate surface area is 171 Å². The summed E-state index contributed by atoms with van der Waals surface area (Å²) in [5.41, 5.74) is 0. The number of hydrogen-bond donors (Lipinski definition) is 1. The van der Waals surface area contributed by atoms with Crippen molar-refractivity contribution in [3.8, 4) is 0 Å². The molecule has 1 saturated heterocycles. The maximum absolute atomic E-state index is 11.4. The Morgan fingerprint density at radius 3 is 2.56 bits per heavy atom. The number of nitrogens with zero attached hydrogens (tertiary/aromatic N) is 3. The van der Waals surface area contributed by atoms with Gasteiger partial charge in [0.05, 0.1) is 18.1 Å². The molecule has 0 spiro atoms. The van der Waals surface area contributed by atoms with Gasteiger partial charge in [-0.3, -0.25) is 9.89 Å². The molecule has 148 valence electrons. The maximum Gasteiger partial charge on any atom is 0.193 e. The summed E-state index contributed by atoms with van der Waals surface area (Å²) in [7, 11) is -0.729. The van der Waals surface area contributed by atoms with Crippen molar-refractivity contribution in [3.05, 3.63) is 12.7 Å². The van der Waals surface area contributed by atoms with Crippen molar-refractivity contribution in [2.75, 3.05) is 57.8 Å². The van der Waals surface area contributed by atoms with E-state index in [9.17, 15) is 8.42 Å². The molecule has 0 atom stereocenters. The molecule has 0 aromatic carbocycles. The topological polar surface area (TPSA) is 65.0 Å². The molecule has 0 aromatic heterocycles. The molecule has 1 heterocycles. The van der Waals surface area contributed by atoms with Gasteiger partial charge in [0.1, 0.15) is 0 Å². The van der Waals surface area contributed by atoms with Crippen LogP contribution in [0.2, 0.25) is 0 Å².